The first-order valence-electron chi connectivity index (χ1n) is 8.77. The Balaban J connectivity index is 1.48. The topological polar surface area (TPSA) is 71.5 Å². The van der Waals surface area contributed by atoms with Crippen molar-refractivity contribution in [3.8, 4) is 5.75 Å². The van der Waals surface area contributed by atoms with Gasteiger partial charge in [-0.05, 0) is 42.7 Å². The summed E-state index contributed by atoms with van der Waals surface area (Å²) in [6.07, 6.45) is 5.08. The largest absolute Gasteiger partial charge is 0.497 e. The smallest absolute Gasteiger partial charge is 0.253 e. The highest BCUT2D eigenvalue weighted by molar-refractivity contribution is 5.94. The molecular formula is C20H23N3O3. The number of ether oxygens (including phenoxy) is 1. The lowest BCUT2D eigenvalue weighted by Gasteiger charge is -2.32. The third-order valence-electron chi connectivity index (χ3n) is 4.60. The molecule has 1 fully saturated rings. The van der Waals surface area contributed by atoms with Crippen LogP contribution in [0.2, 0.25) is 0 Å². The van der Waals surface area contributed by atoms with E-state index in [4.69, 9.17) is 4.74 Å². The molecule has 6 heteroatoms. The average molecular weight is 353 g/mol. The Bertz CT molecular complexity index is 756. The number of hydrogen-bond acceptors (Lipinski definition) is 4. The molecule has 2 aromatic rings. The van der Waals surface area contributed by atoms with Gasteiger partial charge in [0.05, 0.1) is 19.1 Å². The van der Waals surface area contributed by atoms with Crippen molar-refractivity contribution >= 4 is 11.8 Å². The normalized spacial score (nSPS) is 14.7. The molecule has 1 saturated heterocycles. The first-order valence-corrected chi connectivity index (χ1v) is 8.77. The Morgan fingerprint density at radius 2 is 2.04 bits per heavy atom. The summed E-state index contributed by atoms with van der Waals surface area (Å²) < 4.78 is 5.20. The molecule has 1 aliphatic rings. The molecule has 0 bridgehead atoms. The van der Waals surface area contributed by atoms with Crippen molar-refractivity contribution in [2.24, 2.45) is 0 Å². The Morgan fingerprint density at radius 3 is 2.73 bits per heavy atom. The quantitative estimate of drug-likeness (QED) is 0.893. The minimum atomic E-state index is -0.112. The monoisotopic (exact) mass is 353 g/mol. The van der Waals surface area contributed by atoms with Crippen molar-refractivity contribution < 1.29 is 14.3 Å². The summed E-state index contributed by atoms with van der Waals surface area (Å²) in [5.74, 6) is 0.752. The molecule has 1 aliphatic heterocycles. The number of piperidine rings is 1. The fraction of sp³-hybridized carbons (Fsp3) is 0.350. The van der Waals surface area contributed by atoms with E-state index in [1.165, 1.54) is 0 Å². The van der Waals surface area contributed by atoms with Crippen LogP contribution >= 0.6 is 0 Å². The first kappa shape index (κ1) is 17.9. The number of hydrogen-bond donors (Lipinski definition) is 1. The zero-order valence-corrected chi connectivity index (χ0v) is 14.9. The van der Waals surface area contributed by atoms with Crippen LogP contribution in [0.1, 0.15) is 28.8 Å². The Hall–Kier alpha value is -2.89. The minimum absolute atomic E-state index is 0.0866. The second kappa shape index (κ2) is 8.47. The molecule has 6 nitrogen and oxygen atoms in total. The van der Waals surface area contributed by atoms with Crippen molar-refractivity contribution in [2.45, 2.75) is 25.3 Å². The number of aromatic nitrogens is 1. The van der Waals surface area contributed by atoms with Gasteiger partial charge in [0.15, 0.2) is 0 Å². The van der Waals surface area contributed by atoms with Gasteiger partial charge in [-0.25, -0.2) is 0 Å². The zero-order valence-electron chi connectivity index (χ0n) is 14.9. The summed E-state index contributed by atoms with van der Waals surface area (Å²) in [5.41, 5.74) is 1.50. The maximum atomic E-state index is 12.5. The zero-order chi connectivity index (χ0) is 18.4. The van der Waals surface area contributed by atoms with Crippen LogP contribution < -0.4 is 10.1 Å². The van der Waals surface area contributed by atoms with Crippen LogP contribution in [0.4, 0.5) is 0 Å². The highest BCUT2D eigenvalue weighted by atomic mass is 16.5. The number of benzene rings is 1. The van der Waals surface area contributed by atoms with Crippen LogP contribution in [0.15, 0.2) is 48.8 Å². The van der Waals surface area contributed by atoms with Crippen LogP contribution in [-0.2, 0) is 11.2 Å². The third-order valence-corrected chi connectivity index (χ3v) is 4.60. The molecular weight excluding hydrogens is 330 g/mol. The molecule has 2 heterocycles. The number of methoxy groups -OCH3 is 1. The van der Waals surface area contributed by atoms with E-state index >= 15 is 0 Å². The van der Waals surface area contributed by atoms with Crippen molar-refractivity contribution in [1.82, 2.24) is 15.2 Å². The van der Waals surface area contributed by atoms with Gasteiger partial charge in [-0.15, -0.1) is 0 Å². The van der Waals surface area contributed by atoms with E-state index in [-0.39, 0.29) is 17.9 Å². The van der Waals surface area contributed by atoms with E-state index in [0.29, 0.717) is 25.1 Å². The van der Waals surface area contributed by atoms with E-state index in [1.807, 2.05) is 29.2 Å². The Morgan fingerprint density at radius 1 is 1.23 bits per heavy atom. The van der Waals surface area contributed by atoms with E-state index in [1.54, 1.807) is 31.6 Å². The molecule has 1 aromatic heterocycles. The lowest BCUT2D eigenvalue weighted by atomic mass is 10.0. The number of likely N-dealkylation sites (tertiary alicyclic amines) is 1. The fourth-order valence-corrected chi connectivity index (χ4v) is 3.11. The predicted molar refractivity (Wildman–Crippen MR) is 98.0 cm³/mol. The van der Waals surface area contributed by atoms with Gasteiger partial charge in [-0.1, -0.05) is 12.1 Å². The summed E-state index contributed by atoms with van der Waals surface area (Å²) in [6.45, 7) is 1.31. The number of carbonyl (C=O) groups excluding carboxylic acids is 2. The predicted octanol–water partition coefficient (Wildman–Crippen LogP) is 2.05. The van der Waals surface area contributed by atoms with Crippen LogP contribution in [-0.4, -0.2) is 47.9 Å². The van der Waals surface area contributed by atoms with Crippen LogP contribution in [0, 0.1) is 0 Å². The molecule has 26 heavy (non-hydrogen) atoms. The fourth-order valence-electron chi connectivity index (χ4n) is 3.11. The molecule has 0 saturated carbocycles. The van der Waals surface area contributed by atoms with Gasteiger partial charge in [-0.2, -0.15) is 0 Å². The molecule has 0 unspecified atom stereocenters. The van der Waals surface area contributed by atoms with Gasteiger partial charge >= 0.3 is 0 Å². The second-order valence-corrected chi connectivity index (χ2v) is 6.40. The third kappa shape index (κ3) is 4.59. The van der Waals surface area contributed by atoms with E-state index in [2.05, 4.69) is 10.3 Å². The average Bonchev–Trinajstić information content (AvgIpc) is 2.69. The molecule has 136 valence electrons. The lowest BCUT2D eigenvalue weighted by molar-refractivity contribution is -0.131. The standard InChI is InChI=1S/C20H23N3O3/c1-26-18-6-2-4-15(12-18)13-19(24)23-10-7-17(8-11-23)22-20(25)16-5-3-9-21-14-16/h2-6,9,12,14,17H,7-8,10-11,13H2,1H3,(H,22,25). The van der Waals surface area contributed by atoms with E-state index in [0.717, 1.165) is 24.2 Å². The maximum absolute atomic E-state index is 12.5. The van der Waals surface area contributed by atoms with Gasteiger partial charge in [0, 0.05) is 31.5 Å². The van der Waals surface area contributed by atoms with E-state index < -0.39 is 0 Å². The highest BCUT2D eigenvalue weighted by Crippen LogP contribution is 2.16. The van der Waals surface area contributed by atoms with Gasteiger partial charge in [0.2, 0.25) is 5.91 Å². The maximum Gasteiger partial charge on any atom is 0.253 e. The number of rotatable bonds is 5. The number of pyridine rings is 1. The summed E-state index contributed by atoms with van der Waals surface area (Å²) in [7, 11) is 1.62. The van der Waals surface area contributed by atoms with E-state index in [9.17, 15) is 9.59 Å². The summed E-state index contributed by atoms with van der Waals surface area (Å²) in [6, 6.07) is 11.2. The second-order valence-electron chi connectivity index (χ2n) is 6.40. The van der Waals surface area contributed by atoms with Gasteiger partial charge in [-0.3, -0.25) is 14.6 Å². The number of nitrogens with zero attached hydrogens (tertiary/aromatic N) is 2. The number of carbonyl (C=O) groups is 2. The molecule has 0 spiro atoms. The van der Waals surface area contributed by atoms with Crippen LogP contribution in [0.3, 0.4) is 0 Å². The Kier molecular flexibility index (Phi) is 5.84. The van der Waals surface area contributed by atoms with Crippen molar-refractivity contribution in [3.63, 3.8) is 0 Å². The number of amides is 2. The Labute approximate surface area is 153 Å². The first-order chi connectivity index (χ1) is 12.7. The van der Waals surface area contributed by atoms with Gasteiger partial charge in [0.1, 0.15) is 5.75 Å². The SMILES string of the molecule is COc1cccc(CC(=O)N2CCC(NC(=O)c3cccnc3)CC2)c1. The molecule has 0 atom stereocenters. The molecule has 2 amide bonds. The summed E-state index contributed by atoms with van der Waals surface area (Å²) >= 11 is 0. The molecule has 1 aromatic carbocycles. The van der Waals surface area contributed by atoms with Gasteiger partial charge < -0.3 is 15.0 Å². The summed E-state index contributed by atoms with van der Waals surface area (Å²) in [5, 5.41) is 3.03. The molecule has 3 rings (SSSR count). The van der Waals surface area contributed by atoms with Crippen molar-refractivity contribution in [3.05, 3.63) is 59.9 Å². The van der Waals surface area contributed by atoms with Gasteiger partial charge in [0.25, 0.3) is 5.91 Å². The highest BCUT2D eigenvalue weighted by Gasteiger charge is 2.24. The summed E-state index contributed by atoms with van der Waals surface area (Å²) in [4.78, 5) is 30.5. The molecule has 0 aliphatic carbocycles. The van der Waals surface area contributed by atoms with Crippen LogP contribution in [0.5, 0.6) is 5.75 Å². The molecule has 1 N–H and O–H groups in total. The van der Waals surface area contributed by atoms with Crippen molar-refractivity contribution in [1.29, 1.82) is 0 Å². The minimum Gasteiger partial charge on any atom is -0.497 e. The lowest BCUT2D eigenvalue weighted by Crippen LogP contribution is -2.47. The number of nitrogens with one attached hydrogen (secondary N) is 1. The van der Waals surface area contributed by atoms with Crippen molar-refractivity contribution in [2.75, 3.05) is 20.2 Å². The molecule has 0 radical (unpaired) electrons. The van der Waals surface area contributed by atoms with Crippen LogP contribution in [0.25, 0.3) is 0 Å².